The third kappa shape index (κ3) is 2.18. The number of thiophene rings is 1. The lowest BCUT2D eigenvalue weighted by Gasteiger charge is -2.19. The monoisotopic (exact) mass is 373 g/mol. The van der Waals surface area contributed by atoms with Crippen molar-refractivity contribution in [2.75, 3.05) is 10.8 Å². The molecule has 3 rings (SSSR count). The van der Waals surface area contributed by atoms with Crippen molar-refractivity contribution >= 4 is 43.0 Å². The molecule has 0 fully saturated rings. The van der Waals surface area contributed by atoms with Gasteiger partial charge in [0.15, 0.2) is 0 Å². The number of aliphatic hydroxyl groups excluding tert-OH is 1. The fraction of sp³-hybridized carbons (Fsp3) is 0.231. The Hall–Kier alpha value is -0.890. The van der Waals surface area contributed by atoms with E-state index in [9.17, 15) is 8.42 Å². The van der Waals surface area contributed by atoms with Crippen molar-refractivity contribution in [1.82, 2.24) is 0 Å². The molecule has 1 aromatic heterocycles. The number of nitrogens with zero attached hydrogens (tertiary/aromatic N) is 1. The normalized spacial score (nSPS) is 14.6. The highest BCUT2D eigenvalue weighted by atomic mass is 79.9. The number of anilines is 1. The van der Waals surface area contributed by atoms with E-state index in [1.54, 1.807) is 0 Å². The summed E-state index contributed by atoms with van der Waals surface area (Å²) in [5.74, 6) is 0. The zero-order chi connectivity index (χ0) is 14.3. The molecule has 7 heteroatoms. The molecule has 1 aliphatic heterocycles. The maximum atomic E-state index is 12.8. The summed E-state index contributed by atoms with van der Waals surface area (Å²) in [6.07, 6.45) is 0.726. The molecule has 0 amide bonds. The number of aliphatic hydroxyl groups is 1. The first-order valence-corrected chi connectivity index (χ1v) is 9.08. The summed E-state index contributed by atoms with van der Waals surface area (Å²) < 4.78 is 27.5. The molecule has 0 radical (unpaired) electrons. The molecule has 2 heterocycles. The van der Waals surface area contributed by atoms with E-state index >= 15 is 0 Å². The maximum Gasteiger partial charge on any atom is 0.266 e. The lowest BCUT2D eigenvalue weighted by molar-refractivity contribution is 0.285. The van der Waals surface area contributed by atoms with E-state index in [1.807, 2.05) is 24.3 Å². The Morgan fingerprint density at radius 1 is 1.35 bits per heavy atom. The third-order valence-corrected chi connectivity index (χ3v) is 7.32. The van der Waals surface area contributed by atoms with Crippen LogP contribution in [0.15, 0.2) is 39.0 Å². The number of benzene rings is 1. The number of hydrogen-bond donors (Lipinski definition) is 1. The first kappa shape index (κ1) is 14.1. The van der Waals surface area contributed by atoms with Crippen LogP contribution in [-0.2, 0) is 23.1 Å². The standard InChI is InChI=1S/C13H12BrNO3S2/c14-13-12(7-10(8-16)19-13)20(17,18)15-6-5-9-3-1-2-4-11(9)15/h1-4,7,16H,5-6,8H2. The van der Waals surface area contributed by atoms with Crippen molar-refractivity contribution < 1.29 is 13.5 Å². The Bertz CT molecular complexity index is 755. The second-order valence-electron chi connectivity index (χ2n) is 4.46. The molecule has 0 spiro atoms. The molecule has 20 heavy (non-hydrogen) atoms. The molecule has 1 aromatic carbocycles. The number of fused-ring (bicyclic) bond motifs is 1. The van der Waals surface area contributed by atoms with E-state index in [4.69, 9.17) is 5.11 Å². The van der Waals surface area contributed by atoms with E-state index in [0.29, 0.717) is 15.2 Å². The van der Waals surface area contributed by atoms with Gasteiger partial charge < -0.3 is 5.11 Å². The second kappa shape index (κ2) is 5.14. The van der Waals surface area contributed by atoms with Crippen LogP contribution >= 0.6 is 27.3 Å². The predicted molar refractivity (Wildman–Crippen MR) is 82.6 cm³/mol. The van der Waals surface area contributed by atoms with Gasteiger partial charge in [-0.3, -0.25) is 4.31 Å². The minimum atomic E-state index is -3.59. The van der Waals surface area contributed by atoms with Crippen molar-refractivity contribution in [1.29, 1.82) is 0 Å². The van der Waals surface area contributed by atoms with Gasteiger partial charge in [0.2, 0.25) is 0 Å². The Kier molecular flexibility index (Phi) is 3.62. The number of hydrogen-bond acceptors (Lipinski definition) is 4. The van der Waals surface area contributed by atoms with E-state index in [1.165, 1.54) is 21.7 Å². The lowest BCUT2D eigenvalue weighted by Crippen LogP contribution is -2.29. The molecule has 0 aliphatic carbocycles. The summed E-state index contributed by atoms with van der Waals surface area (Å²) in [5, 5.41) is 9.15. The number of para-hydroxylation sites is 1. The molecule has 0 unspecified atom stereocenters. The highest BCUT2D eigenvalue weighted by Gasteiger charge is 2.32. The third-order valence-electron chi connectivity index (χ3n) is 3.27. The molecule has 2 aromatic rings. The van der Waals surface area contributed by atoms with Crippen LogP contribution in [0.1, 0.15) is 10.4 Å². The highest BCUT2D eigenvalue weighted by Crippen LogP contribution is 2.38. The van der Waals surface area contributed by atoms with Crippen LogP contribution in [0.25, 0.3) is 0 Å². The van der Waals surface area contributed by atoms with Crippen molar-refractivity contribution in [3.05, 3.63) is 44.6 Å². The van der Waals surface area contributed by atoms with Gasteiger partial charge >= 0.3 is 0 Å². The van der Waals surface area contributed by atoms with Crippen LogP contribution in [0.5, 0.6) is 0 Å². The van der Waals surface area contributed by atoms with Crippen LogP contribution in [0.4, 0.5) is 5.69 Å². The molecule has 4 nitrogen and oxygen atoms in total. The summed E-state index contributed by atoms with van der Waals surface area (Å²) in [6, 6.07) is 9.07. The van der Waals surface area contributed by atoms with Crippen molar-refractivity contribution in [3.8, 4) is 0 Å². The average Bonchev–Trinajstić information content (AvgIpc) is 3.02. The van der Waals surface area contributed by atoms with Crippen LogP contribution in [-0.4, -0.2) is 20.1 Å². The van der Waals surface area contributed by atoms with E-state index in [0.717, 1.165) is 17.7 Å². The van der Waals surface area contributed by atoms with Gasteiger partial charge in [0.05, 0.1) is 16.1 Å². The maximum absolute atomic E-state index is 12.8. The van der Waals surface area contributed by atoms with E-state index in [2.05, 4.69) is 15.9 Å². The highest BCUT2D eigenvalue weighted by molar-refractivity contribution is 9.11. The van der Waals surface area contributed by atoms with E-state index in [-0.39, 0.29) is 11.5 Å². The van der Waals surface area contributed by atoms with E-state index < -0.39 is 10.0 Å². The number of sulfonamides is 1. The first-order chi connectivity index (χ1) is 9.54. The summed E-state index contributed by atoms with van der Waals surface area (Å²) >= 11 is 4.52. The van der Waals surface area contributed by atoms with Crippen LogP contribution in [0.3, 0.4) is 0 Å². The molecule has 0 bridgehead atoms. The fourth-order valence-electron chi connectivity index (χ4n) is 2.33. The van der Waals surface area contributed by atoms with Gasteiger partial charge in [0, 0.05) is 11.4 Å². The average molecular weight is 374 g/mol. The number of halogens is 1. The van der Waals surface area contributed by atoms with Crippen LogP contribution < -0.4 is 4.31 Å². The zero-order valence-corrected chi connectivity index (χ0v) is 13.6. The summed E-state index contributed by atoms with van der Waals surface area (Å²) in [5.41, 5.74) is 1.79. The molecule has 1 aliphatic rings. The summed E-state index contributed by atoms with van der Waals surface area (Å²) in [6.45, 7) is 0.299. The molecular weight excluding hydrogens is 362 g/mol. The van der Waals surface area contributed by atoms with Crippen molar-refractivity contribution in [2.24, 2.45) is 0 Å². The smallest absolute Gasteiger partial charge is 0.266 e. The van der Waals surface area contributed by atoms with Gasteiger partial charge in [-0.05, 0) is 40.0 Å². The predicted octanol–water partition coefficient (Wildman–Crippen LogP) is 2.75. The van der Waals surface area contributed by atoms with Crippen molar-refractivity contribution in [2.45, 2.75) is 17.9 Å². The molecule has 1 N–H and O–H groups in total. The fourth-order valence-corrected chi connectivity index (χ4v) is 6.33. The molecule has 0 saturated carbocycles. The van der Waals surface area contributed by atoms with Gasteiger partial charge in [-0.15, -0.1) is 11.3 Å². The molecule has 0 saturated heterocycles. The van der Waals surface area contributed by atoms with Crippen LogP contribution in [0.2, 0.25) is 0 Å². The second-order valence-corrected chi connectivity index (χ2v) is 8.75. The SMILES string of the molecule is O=S(=O)(c1cc(CO)sc1Br)N1CCc2ccccc21. The van der Waals surface area contributed by atoms with Crippen molar-refractivity contribution in [3.63, 3.8) is 0 Å². The van der Waals surface area contributed by atoms with Gasteiger partial charge in [-0.1, -0.05) is 18.2 Å². The quantitative estimate of drug-likeness (QED) is 0.899. The topological polar surface area (TPSA) is 57.6 Å². The van der Waals surface area contributed by atoms with Crippen LogP contribution in [0, 0.1) is 0 Å². The van der Waals surface area contributed by atoms with Gasteiger partial charge in [-0.25, -0.2) is 8.42 Å². The van der Waals surface area contributed by atoms with Gasteiger partial charge in [0.1, 0.15) is 4.90 Å². The minimum Gasteiger partial charge on any atom is -0.391 e. The van der Waals surface area contributed by atoms with Gasteiger partial charge in [-0.2, -0.15) is 0 Å². The first-order valence-electron chi connectivity index (χ1n) is 6.04. The summed E-state index contributed by atoms with van der Waals surface area (Å²) in [4.78, 5) is 0.853. The summed E-state index contributed by atoms with van der Waals surface area (Å²) in [7, 11) is -3.59. The largest absolute Gasteiger partial charge is 0.391 e. The molecular formula is C13H12BrNO3S2. The Labute approximate surface area is 129 Å². The lowest BCUT2D eigenvalue weighted by atomic mass is 10.2. The minimum absolute atomic E-state index is 0.157. The Morgan fingerprint density at radius 3 is 2.80 bits per heavy atom. The zero-order valence-electron chi connectivity index (χ0n) is 10.4. The van der Waals surface area contributed by atoms with Gasteiger partial charge in [0.25, 0.3) is 10.0 Å². The molecule has 0 atom stereocenters. The Morgan fingerprint density at radius 2 is 2.10 bits per heavy atom. The molecule has 106 valence electrons. The number of rotatable bonds is 3. The Balaban J connectivity index is 2.07.